The van der Waals surface area contributed by atoms with Crippen molar-refractivity contribution in [3.05, 3.63) is 46.8 Å². The highest BCUT2D eigenvalue weighted by atomic mass is 19.3. The molecule has 0 amide bonds. The number of benzene rings is 1. The molecule has 27 heavy (non-hydrogen) atoms. The van der Waals surface area contributed by atoms with Crippen LogP contribution < -0.4 is 0 Å². The zero-order valence-corrected chi connectivity index (χ0v) is 16.7. The summed E-state index contributed by atoms with van der Waals surface area (Å²) in [4.78, 5) is 0. The van der Waals surface area contributed by atoms with E-state index in [1.165, 1.54) is 0 Å². The van der Waals surface area contributed by atoms with Crippen LogP contribution in [0.1, 0.15) is 107 Å². The van der Waals surface area contributed by atoms with Gasteiger partial charge in [0.25, 0.3) is 6.43 Å². The molecule has 2 fully saturated rings. The molecule has 0 N–H and O–H groups in total. The van der Waals surface area contributed by atoms with Crippen molar-refractivity contribution in [1.82, 2.24) is 0 Å². The molecular weight excluding hydrogens is 345 g/mol. The van der Waals surface area contributed by atoms with E-state index in [2.05, 4.69) is 19.1 Å². The van der Waals surface area contributed by atoms with Crippen LogP contribution in [0.25, 0.3) is 0 Å². The van der Waals surface area contributed by atoms with Crippen LogP contribution in [-0.2, 0) is 0 Å². The molecule has 0 aromatic heterocycles. The summed E-state index contributed by atoms with van der Waals surface area (Å²) in [6.45, 7) is 4.21. The maximum absolute atomic E-state index is 15.2. The molecule has 0 aliphatic heterocycles. The first kappa shape index (κ1) is 20.5. The maximum Gasteiger partial charge on any atom is 0.266 e. The minimum atomic E-state index is -2.74. The van der Waals surface area contributed by atoms with E-state index in [0.29, 0.717) is 23.0 Å². The fourth-order valence-electron chi connectivity index (χ4n) is 5.29. The highest BCUT2D eigenvalue weighted by Crippen LogP contribution is 2.44. The number of alkyl halides is 2. The number of hydrogen-bond donors (Lipinski definition) is 0. The van der Waals surface area contributed by atoms with Crippen LogP contribution in [0.15, 0.2) is 24.3 Å². The summed E-state index contributed by atoms with van der Waals surface area (Å²) < 4.78 is 42.9. The van der Waals surface area contributed by atoms with Crippen LogP contribution in [0.3, 0.4) is 0 Å². The van der Waals surface area contributed by atoms with Crippen LogP contribution in [0.4, 0.5) is 13.2 Å². The van der Waals surface area contributed by atoms with Gasteiger partial charge in [-0.2, -0.15) is 0 Å². The van der Waals surface area contributed by atoms with E-state index < -0.39 is 12.2 Å². The van der Waals surface area contributed by atoms with Crippen molar-refractivity contribution in [1.29, 1.82) is 0 Å². The Kier molecular flexibility index (Phi) is 7.05. The Hall–Kier alpha value is -1.25. The summed E-state index contributed by atoms with van der Waals surface area (Å²) in [6, 6.07) is 3.65. The summed E-state index contributed by atoms with van der Waals surface area (Å²) in [5.74, 6) is 0.808. The number of hydrogen-bond acceptors (Lipinski definition) is 0. The van der Waals surface area contributed by atoms with Crippen LogP contribution >= 0.6 is 0 Å². The van der Waals surface area contributed by atoms with Crippen LogP contribution in [-0.4, -0.2) is 0 Å². The molecule has 2 aliphatic rings. The molecule has 3 heteroatoms. The summed E-state index contributed by atoms with van der Waals surface area (Å²) in [5, 5.41) is 0. The Labute approximate surface area is 162 Å². The van der Waals surface area contributed by atoms with Crippen LogP contribution in [0.2, 0.25) is 0 Å². The molecule has 0 atom stereocenters. The van der Waals surface area contributed by atoms with Crippen molar-refractivity contribution < 1.29 is 13.2 Å². The first-order valence-corrected chi connectivity index (χ1v) is 10.8. The molecule has 0 heterocycles. The second-order valence-electron chi connectivity index (χ2n) is 8.54. The van der Waals surface area contributed by atoms with Gasteiger partial charge < -0.3 is 0 Å². The van der Waals surface area contributed by atoms with Gasteiger partial charge in [-0.05, 0) is 93.1 Å². The van der Waals surface area contributed by atoms with Gasteiger partial charge in [-0.25, -0.2) is 13.2 Å². The minimum absolute atomic E-state index is 0.0647. The second kappa shape index (κ2) is 9.30. The van der Waals surface area contributed by atoms with E-state index in [4.69, 9.17) is 0 Å². The smallest absolute Gasteiger partial charge is 0.206 e. The van der Waals surface area contributed by atoms with Crippen molar-refractivity contribution in [3.63, 3.8) is 0 Å². The molecule has 1 aromatic rings. The van der Waals surface area contributed by atoms with Crippen LogP contribution in [0, 0.1) is 17.7 Å². The summed E-state index contributed by atoms with van der Waals surface area (Å²) in [5.41, 5.74) is 0.790. The normalized spacial score (nSPS) is 29.6. The Balaban J connectivity index is 1.81. The van der Waals surface area contributed by atoms with Gasteiger partial charge in [-0.15, -0.1) is 0 Å². The Morgan fingerprint density at radius 3 is 2.04 bits per heavy atom. The average molecular weight is 379 g/mol. The fourth-order valence-corrected chi connectivity index (χ4v) is 5.29. The molecule has 150 valence electrons. The van der Waals surface area contributed by atoms with E-state index in [1.807, 2.05) is 19.1 Å². The lowest BCUT2D eigenvalue weighted by Gasteiger charge is -2.31. The molecule has 0 radical (unpaired) electrons. The van der Waals surface area contributed by atoms with Crippen molar-refractivity contribution in [2.75, 3.05) is 0 Å². The van der Waals surface area contributed by atoms with Gasteiger partial charge in [0, 0.05) is 0 Å². The quantitative estimate of drug-likeness (QED) is 0.452. The summed E-state index contributed by atoms with van der Waals surface area (Å²) >= 11 is 0. The highest BCUT2D eigenvalue weighted by Gasteiger charge is 2.31. The zero-order valence-electron chi connectivity index (χ0n) is 16.7. The molecule has 0 spiro atoms. The van der Waals surface area contributed by atoms with Gasteiger partial charge in [0.2, 0.25) is 0 Å². The molecular formula is C24H33F3. The van der Waals surface area contributed by atoms with Crippen molar-refractivity contribution in [3.8, 4) is 0 Å². The highest BCUT2D eigenvalue weighted by molar-refractivity contribution is 5.39. The first-order chi connectivity index (χ1) is 13.0. The molecule has 0 unspecified atom stereocenters. The lowest BCUT2D eigenvalue weighted by Crippen LogP contribution is -2.17. The number of rotatable bonds is 5. The average Bonchev–Trinajstić information content (AvgIpc) is 2.68. The SMILES string of the molecule is C/C=C/C1CCC(c2ccc(C3CCC(CC)CC3)c(F)c2C(F)F)CC1. The lowest BCUT2D eigenvalue weighted by molar-refractivity contribution is 0.143. The monoisotopic (exact) mass is 378 g/mol. The van der Waals surface area contributed by atoms with Gasteiger partial charge >= 0.3 is 0 Å². The molecule has 2 aliphatic carbocycles. The third-order valence-corrected chi connectivity index (χ3v) is 7.00. The van der Waals surface area contributed by atoms with Gasteiger partial charge in [0.05, 0.1) is 5.56 Å². The minimum Gasteiger partial charge on any atom is -0.206 e. The van der Waals surface area contributed by atoms with Gasteiger partial charge in [0.15, 0.2) is 0 Å². The second-order valence-corrected chi connectivity index (χ2v) is 8.54. The van der Waals surface area contributed by atoms with Crippen molar-refractivity contribution in [2.45, 2.75) is 89.9 Å². The third kappa shape index (κ3) is 4.60. The number of allylic oxidation sites excluding steroid dienone is 2. The van der Waals surface area contributed by atoms with Crippen molar-refractivity contribution >= 4 is 0 Å². The molecule has 0 nitrogen and oxygen atoms in total. The first-order valence-electron chi connectivity index (χ1n) is 10.8. The Morgan fingerprint density at radius 1 is 0.926 bits per heavy atom. The van der Waals surface area contributed by atoms with E-state index in [-0.39, 0.29) is 17.4 Å². The molecule has 0 saturated heterocycles. The lowest BCUT2D eigenvalue weighted by atomic mass is 9.74. The summed E-state index contributed by atoms with van der Waals surface area (Å²) in [7, 11) is 0. The van der Waals surface area contributed by atoms with Gasteiger partial charge in [-0.3, -0.25) is 0 Å². The molecule has 0 bridgehead atoms. The molecule has 3 rings (SSSR count). The standard InChI is InChI=1S/C24H33F3/c1-3-5-17-8-12-18(13-9-17)20-14-15-21(23(25)22(20)24(26)27)19-10-6-16(4-2)7-11-19/h3,5,14-19,24H,4,6-13H2,1-2H3/b5-3+. The largest absolute Gasteiger partial charge is 0.266 e. The van der Waals surface area contributed by atoms with E-state index >= 15 is 4.39 Å². The number of halogens is 3. The fraction of sp³-hybridized carbons (Fsp3) is 0.667. The van der Waals surface area contributed by atoms with E-state index in [1.54, 1.807) is 0 Å². The van der Waals surface area contributed by atoms with E-state index in [9.17, 15) is 8.78 Å². The maximum atomic E-state index is 15.2. The van der Waals surface area contributed by atoms with Crippen LogP contribution in [0.5, 0.6) is 0 Å². The van der Waals surface area contributed by atoms with E-state index in [0.717, 1.165) is 57.8 Å². The Morgan fingerprint density at radius 2 is 1.48 bits per heavy atom. The van der Waals surface area contributed by atoms with Gasteiger partial charge in [-0.1, -0.05) is 37.6 Å². The predicted molar refractivity (Wildman–Crippen MR) is 106 cm³/mol. The van der Waals surface area contributed by atoms with Gasteiger partial charge in [0.1, 0.15) is 5.82 Å². The third-order valence-electron chi connectivity index (χ3n) is 7.00. The molecule has 1 aromatic carbocycles. The topological polar surface area (TPSA) is 0 Å². The summed E-state index contributed by atoms with van der Waals surface area (Å²) in [6.07, 6.45) is 10.5. The zero-order chi connectivity index (χ0) is 19.4. The van der Waals surface area contributed by atoms with Crippen molar-refractivity contribution in [2.24, 2.45) is 11.8 Å². The molecule has 2 saturated carbocycles. The predicted octanol–water partition coefficient (Wildman–Crippen LogP) is 8.30. The Bertz CT molecular complexity index is 633.